The van der Waals surface area contributed by atoms with Gasteiger partial charge in [-0.1, -0.05) is 18.2 Å². The van der Waals surface area contributed by atoms with Gasteiger partial charge in [0, 0.05) is 12.5 Å². The van der Waals surface area contributed by atoms with Crippen molar-refractivity contribution in [1.82, 2.24) is 4.90 Å². The summed E-state index contributed by atoms with van der Waals surface area (Å²) >= 11 is 0. The fourth-order valence-electron chi connectivity index (χ4n) is 4.05. The van der Waals surface area contributed by atoms with E-state index in [-0.39, 0.29) is 23.9 Å². The summed E-state index contributed by atoms with van der Waals surface area (Å²) in [4.78, 5) is 14.3. The van der Waals surface area contributed by atoms with Gasteiger partial charge in [0.15, 0.2) is 11.5 Å². The molecule has 2 aliphatic rings. The number of carbonyl (C=O) groups is 1. The summed E-state index contributed by atoms with van der Waals surface area (Å²) in [6.07, 6.45) is 0.106. The first-order valence-electron chi connectivity index (χ1n) is 11.0. The number of carbonyl (C=O) groups excluding carboxylic acids is 1. The number of hydrogen-bond donors (Lipinski definition) is 0. The first-order chi connectivity index (χ1) is 15.3. The second kappa shape index (κ2) is 9.36. The van der Waals surface area contributed by atoms with Gasteiger partial charge in [0.05, 0.1) is 19.3 Å². The highest BCUT2D eigenvalue weighted by Gasteiger charge is 2.35. The average molecular weight is 444 g/mol. The number of ether oxygens (including phenoxy) is 4. The minimum absolute atomic E-state index is 0.0477. The van der Waals surface area contributed by atoms with E-state index in [0.717, 1.165) is 16.9 Å². The molecular weight excluding hydrogens is 413 g/mol. The van der Waals surface area contributed by atoms with Crippen molar-refractivity contribution in [2.45, 2.75) is 51.4 Å². The van der Waals surface area contributed by atoms with Crippen molar-refractivity contribution in [1.29, 1.82) is 0 Å². The molecule has 7 heteroatoms. The number of likely N-dealkylation sites (tertiary alicyclic amines) is 1. The summed E-state index contributed by atoms with van der Waals surface area (Å²) in [6, 6.07) is 12.3. The van der Waals surface area contributed by atoms with Crippen molar-refractivity contribution >= 4 is 6.09 Å². The molecule has 2 aromatic rings. The fraction of sp³-hybridized carbons (Fsp3) is 0.480. The highest BCUT2D eigenvalue weighted by molar-refractivity contribution is 5.68. The summed E-state index contributed by atoms with van der Waals surface area (Å²) in [7, 11) is 0. The van der Waals surface area contributed by atoms with E-state index in [2.05, 4.69) is 0 Å². The van der Waals surface area contributed by atoms with Crippen molar-refractivity contribution in [3.05, 3.63) is 59.4 Å². The van der Waals surface area contributed by atoms with E-state index in [4.69, 9.17) is 18.9 Å². The van der Waals surface area contributed by atoms with Crippen LogP contribution in [-0.2, 0) is 16.1 Å². The van der Waals surface area contributed by atoms with Gasteiger partial charge in [-0.3, -0.25) is 0 Å². The fourth-order valence-corrected chi connectivity index (χ4v) is 4.05. The molecule has 2 unspecified atom stereocenters. The number of piperidine rings is 1. The van der Waals surface area contributed by atoms with E-state index in [9.17, 15) is 9.18 Å². The molecule has 0 aliphatic carbocycles. The van der Waals surface area contributed by atoms with Crippen molar-refractivity contribution in [3.8, 4) is 11.5 Å². The molecule has 2 aliphatic heterocycles. The molecular formula is C25H30FNO5. The van der Waals surface area contributed by atoms with E-state index < -0.39 is 5.60 Å². The number of amides is 1. The maximum atomic E-state index is 13.5. The quantitative estimate of drug-likeness (QED) is 0.672. The highest BCUT2D eigenvalue weighted by Crippen LogP contribution is 2.34. The van der Waals surface area contributed by atoms with Crippen LogP contribution in [-0.4, -0.2) is 49.0 Å². The van der Waals surface area contributed by atoms with Crippen LogP contribution in [0.15, 0.2) is 42.5 Å². The van der Waals surface area contributed by atoms with Crippen molar-refractivity contribution in [3.63, 3.8) is 0 Å². The molecule has 32 heavy (non-hydrogen) atoms. The average Bonchev–Trinajstić information content (AvgIpc) is 2.77. The summed E-state index contributed by atoms with van der Waals surface area (Å²) in [5, 5.41) is 0. The van der Waals surface area contributed by atoms with Crippen LogP contribution in [0.3, 0.4) is 0 Å². The number of hydrogen-bond acceptors (Lipinski definition) is 5. The molecule has 0 N–H and O–H groups in total. The van der Waals surface area contributed by atoms with Crippen molar-refractivity contribution in [2.75, 3.05) is 26.3 Å². The maximum absolute atomic E-state index is 13.5. The Labute approximate surface area is 188 Å². The predicted octanol–water partition coefficient (Wildman–Crippen LogP) is 4.91. The third-order valence-electron chi connectivity index (χ3n) is 5.58. The standard InChI is InChI=1S/C25H30FNO5/c1-25(2,3)32-24(28)27-11-10-20(18-5-7-19(26)8-6-18)23(15-27)31-16-17-4-9-21-22(14-17)30-13-12-29-21/h4-9,14,20,23H,10-13,15-16H2,1-3H3. The molecule has 1 amide bonds. The Morgan fingerprint density at radius 3 is 2.53 bits per heavy atom. The molecule has 0 radical (unpaired) electrons. The van der Waals surface area contributed by atoms with E-state index in [1.807, 2.05) is 39.0 Å². The summed E-state index contributed by atoms with van der Waals surface area (Å²) in [6.45, 7) is 7.95. The van der Waals surface area contributed by atoms with Crippen molar-refractivity contribution < 1.29 is 28.1 Å². The largest absolute Gasteiger partial charge is 0.486 e. The monoisotopic (exact) mass is 443 g/mol. The van der Waals surface area contributed by atoms with Gasteiger partial charge in [-0.05, 0) is 62.6 Å². The Bertz CT molecular complexity index is 940. The molecule has 1 saturated heterocycles. The van der Waals surface area contributed by atoms with Gasteiger partial charge in [-0.2, -0.15) is 0 Å². The molecule has 0 aromatic heterocycles. The van der Waals surface area contributed by atoms with Gasteiger partial charge in [-0.25, -0.2) is 9.18 Å². The van der Waals surface area contributed by atoms with E-state index >= 15 is 0 Å². The number of halogens is 1. The Balaban J connectivity index is 1.49. The molecule has 172 valence electrons. The van der Waals surface area contributed by atoms with E-state index in [1.165, 1.54) is 12.1 Å². The number of nitrogens with zero attached hydrogens (tertiary/aromatic N) is 1. The summed E-state index contributed by atoms with van der Waals surface area (Å²) in [5.41, 5.74) is 1.40. The Kier molecular flexibility index (Phi) is 6.55. The molecule has 2 atom stereocenters. The zero-order valence-electron chi connectivity index (χ0n) is 18.8. The van der Waals surface area contributed by atoms with Crippen LogP contribution in [0.5, 0.6) is 11.5 Å². The van der Waals surface area contributed by atoms with Gasteiger partial charge in [-0.15, -0.1) is 0 Å². The molecule has 2 heterocycles. The van der Waals surface area contributed by atoms with Gasteiger partial charge < -0.3 is 23.8 Å². The van der Waals surface area contributed by atoms with E-state index in [0.29, 0.717) is 45.1 Å². The lowest BCUT2D eigenvalue weighted by atomic mass is 9.87. The lowest BCUT2D eigenvalue weighted by Crippen LogP contribution is -2.48. The molecule has 2 aromatic carbocycles. The first kappa shape index (κ1) is 22.4. The number of rotatable bonds is 4. The van der Waals surface area contributed by atoms with Gasteiger partial charge >= 0.3 is 6.09 Å². The lowest BCUT2D eigenvalue weighted by Gasteiger charge is -2.39. The molecule has 1 fully saturated rings. The third-order valence-corrected chi connectivity index (χ3v) is 5.58. The Morgan fingerprint density at radius 2 is 1.81 bits per heavy atom. The second-order valence-electron chi connectivity index (χ2n) is 9.20. The summed E-state index contributed by atoms with van der Waals surface area (Å²) in [5.74, 6) is 1.23. The molecule has 0 bridgehead atoms. The first-order valence-corrected chi connectivity index (χ1v) is 11.0. The zero-order valence-corrected chi connectivity index (χ0v) is 18.8. The summed E-state index contributed by atoms with van der Waals surface area (Å²) < 4.78 is 36.6. The minimum Gasteiger partial charge on any atom is -0.486 e. The van der Waals surface area contributed by atoms with Gasteiger partial charge in [0.2, 0.25) is 0 Å². The molecule has 4 rings (SSSR count). The van der Waals surface area contributed by atoms with Crippen LogP contribution in [0, 0.1) is 5.82 Å². The smallest absolute Gasteiger partial charge is 0.410 e. The van der Waals surface area contributed by atoms with Crippen LogP contribution in [0.2, 0.25) is 0 Å². The number of fused-ring (bicyclic) bond motifs is 1. The predicted molar refractivity (Wildman–Crippen MR) is 118 cm³/mol. The minimum atomic E-state index is -0.563. The third kappa shape index (κ3) is 5.51. The van der Waals surface area contributed by atoms with E-state index in [1.54, 1.807) is 17.0 Å². The maximum Gasteiger partial charge on any atom is 0.410 e. The highest BCUT2D eigenvalue weighted by atomic mass is 19.1. The van der Waals surface area contributed by atoms with Crippen LogP contribution >= 0.6 is 0 Å². The topological polar surface area (TPSA) is 57.2 Å². The van der Waals surface area contributed by atoms with Crippen molar-refractivity contribution in [2.24, 2.45) is 0 Å². The second-order valence-corrected chi connectivity index (χ2v) is 9.20. The zero-order chi connectivity index (χ0) is 22.7. The van der Waals surface area contributed by atoms with Gasteiger partial charge in [0.1, 0.15) is 24.6 Å². The van der Waals surface area contributed by atoms with Crippen LogP contribution < -0.4 is 9.47 Å². The van der Waals surface area contributed by atoms with Crippen LogP contribution in [0.4, 0.5) is 9.18 Å². The lowest BCUT2D eigenvalue weighted by molar-refractivity contribution is -0.0360. The molecule has 6 nitrogen and oxygen atoms in total. The van der Waals surface area contributed by atoms with Gasteiger partial charge in [0.25, 0.3) is 0 Å². The SMILES string of the molecule is CC(C)(C)OC(=O)N1CCC(c2ccc(F)cc2)C(OCc2ccc3c(c2)OCCO3)C1. The number of benzene rings is 2. The normalized spacial score (nSPS) is 20.7. The molecule has 0 saturated carbocycles. The Morgan fingerprint density at radius 1 is 1.09 bits per heavy atom. The van der Waals surface area contributed by atoms with Crippen LogP contribution in [0.1, 0.15) is 44.2 Å². The molecule has 0 spiro atoms. The van der Waals surface area contributed by atoms with Crippen LogP contribution in [0.25, 0.3) is 0 Å². The Hall–Kier alpha value is -2.80.